The molecule has 0 N–H and O–H groups in total. The fraction of sp³-hybridized carbons (Fsp3) is 0. The maximum atomic E-state index is 13.2. The van der Waals surface area contributed by atoms with Crippen LogP contribution in [0, 0.1) is 5.82 Å². The average molecular weight is 336 g/mol. The second kappa shape index (κ2) is 5.91. The number of esters is 1. The topological polar surface area (TPSA) is 38.7 Å². The van der Waals surface area contributed by atoms with Crippen LogP contribution in [-0.2, 0) is 9.53 Å². The van der Waals surface area contributed by atoms with Crippen LogP contribution < -0.4 is 0 Å². The van der Waals surface area contributed by atoms with Crippen LogP contribution in [-0.4, -0.2) is 11.9 Å². The number of nitrogens with zero attached hydrogens (tertiary/aromatic N) is 1. The highest BCUT2D eigenvalue weighted by molar-refractivity contribution is 6.35. The van der Waals surface area contributed by atoms with Gasteiger partial charge in [-0.1, -0.05) is 35.3 Å². The van der Waals surface area contributed by atoms with Gasteiger partial charge in [0.2, 0.25) is 5.90 Å². The molecule has 0 atom stereocenters. The Morgan fingerprint density at radius 3 is 2.68 bits per heavy atom. The first-order chi connectivity index (χ1) is 10.5. The van der Waals surface area contributed by atoms with Crippen molar-refractivity contribution in [1.82, 2.24) is 0 Å². The predicted octanol–water partition coefficient (Wildman–Crippen LogP) is 4.48. The minimum Gasteiger partial charge on any atom is -0.402 e. The van der Waals surface area contributed by atoms with Crippen molar-refractivity contribution in [2.45, 2.75) is 0 Å². The van der Waals surface area contributed by atoms with E-state index in [1.807, 2.05) is 0 Å². The van der Waals surface area contributed by atoms with Crippen LogP contribution in [0.15, 0.2) is 53.2 Å². The Bertz CT molecular complexity index is 831. The van der Waals surface area contributed by atoms with Crippen molar-refractivity contribution in [3.8, 4) is 0 Å². The Labute approximate surface area is 135 Å². The van der Waals surface area contributed by atoms with E-state index in [4.69, 9.17) is 27.9 Å². The van der Waals surface area contributed by atoms with Gasteiger partial charge in [-0.15, -0.1) is 0 Å². The van der Waals surface area contributed by atoms with Crippen LogP contribution in [0.2, 0.25) is 10.0 Å². The van der Waals surface area contributed by atoms with E-state index in [1.165, 1.54) is 24.3 Å². The molecule has 0 unspecified atom stereocenters. The van der Waals surface area contributed by atoms with Crippen LogP contribution in [0.25, 0.3) is 6.08 Å². The van der Waals surface area contributed by atoms with Gasteiger partial charge in [0.05, 0.1) is 0 Å². The Balaban J connectivity index is 1.97. The van der Waals surface area contributed by atoms with Crippen molar-refractivity contribution < 1.29 is 13.9 Å². The summed E-state index contributed by atoms with van der Waals surface area (Å²) in [4.78, 5) is 15.9. The number of aliphatic imine (C=N–C) groups is 1. The SMILES string of the molecule is O=C1OC(c2cccc(F)c2)=N/C1=C\c1ccc(Cl)cc1Cl. The monoisotopic (exact) mass is 335 g/mol. The van der Waals surface area contributed by atoms with Gasteiger partial charge in [-0.2, -0.15) is 0 Å². The molecule has 0 saturated heterocycles. The lowest BCUT2D eigenvalue weighted by Crippen LogP contribution is -2.05. The molecule has 0 amide bonds. The van der Waals surface area contributed by atoms with Gasteiger partial charge in [-0.05, 0) is 42.0 Å². The van der Waals surface area contributed by atoms with Gasteiger partial charge in [0, 0.05) is 15.6 Å². The number of carbonyl (C=O) groups excluding carboxylic acids is 1. The minimum absolute atomic E-state index is 0.0563. The van der Waals surface area contributed by atoms with Gasteiger partial charge in [0.1, 0.15) is 5.82 Å². The normalized spacial score (nSPS) is 15.9. The molecule has 3 nitrogen and oxygen atoms in total. The van der Waals surface area contributed by atoms with Crippen LogP contribution in [0.4, 0.5) is 4.39 Å². The third-order valence-corrected chi connectivity index (χ3v) is 3.51. The standard InChI is InChI=1S/C16H8Cl2FNO2/c17-11-5-4-9(13(18)8-11)7-14-16(21)22-15(20-14)10-2-1-3-12(19)6-10/h1-8H/b14-7-. The molecule has 1 heterocycles. The van der Waals surface area contributed by atoms with Crippen LogP contribution in [0.1, 0.15) is 11.1 Å². The largest absolute Gasteiger partial charge is 0.402 e. The number of ether oxygens (including phenoxy) is 1. The highest BCUT2D eigenvalue weighted by atomic mass is 35.5. The van der Waals surface area contributed by atoms with Gasteiger partial charge in [0.15, 0.2) is 5.70 Å². The Morgan fingerprint density at radius 2 is 1.95 bits per heavy atom. The average Bonchev–Trinajstić information content (AvgIpc) is 2.83. The molecule has 0 aromatic heterocycles. The summed E-state index contributed by atoms with van der Waals surface area (Å²) in [5.74, 6) is -1.000. The number of cyclic esters (lactones) is 1. The summed E-state index contributed by atoms with van der Waals surface area (Å²) in [5, 5.41) is 0.882. The number of hydrogen-bond donors (Lipinski definition) is 0. The zero-order chi connectivity index (χ0) is 15.7. The molecule has 3 rings (SSSR count). The summed E-state index contributed by atoms with van der Waals surface area (Å²) in [5.41, 5.74) is 1.06. The van der Waals surface area contributed by atoms with E-state index < -0.39 is 11.8 Å². The van der Waals surface area contributed by atoms with E-state index in [1.54, 1.807) is 24.3 Å². The highest BCUT2D eigenvalue weighted by Crippen LogP contribution is 2.25. The van der Waals surface area contributed by atoms with Crippen molar-refractivity contribution in [3.63, 3.8) is 0 Å². The molecular formula is C16H8Cl2FNO2. The van der Waals surface area contributed by atoms with Crippen LogP contribution >= 0.6 is 23.2 Å². The lowest BCUT2D eigenvalue weighted by Gasteiger charge is -1.99. The molecule has 0 saturated carbocycles. The van der Waals surface area contributed by atoms with Gasteiger partial charge in [-0.3, -0.25) is 0 Å². The molecule has 1 aliphatic heterocycles. The third-order valence-electron chi connectivity index (χ3n) is 2.95. The third kappa shape index (κ3) is 3.03. The van der Waals surface area contributed by atoms with Crippen molar-refractivity contribution >= 4 is 41.1 Å². The molecule has 0 fully saturated rings. The lowest BCUT2D eigenvalue weighted by atomic mass is 10.2. The highest BCUT2D eigenvalue weighted by Gasteiger charge is 2.24. The number of benzene rings is 2. The quantitative estimate of drug-likeness (QED) is 0.599. The van der Waals surface area contributed by atoms with Crippen molar-refractivity contribution in [1.29, 1.82) is 0 Å². The zero-order valence-electron chi connectivity index (χ0n) is 11.0. The predicted molar refractivity (Wildman–Crippen MR) is 83.5 cm³/mol. The van der Waals surface area contributed by atoms with Gasteiger partial charge >= 0.3 is 5.97 Å². The summed E-state index contributed by atoms with van der Waals surface area (Å²) >= 11 is 11.9. The fourth-order valence-electron chi connectivity index (χ4n) is 1.92. The van der Waals surface area contributed by atoms with E-state index in [-0.39, 0.29) is 11.6 Å². The van der Waals surface area contributed by atoms with Gasteiger partial charge in [0.25, 0.3) is 0 Å². The molecular weight excluding hydrogens is 328 g/mol. The van der Waals surface area contributed by atoms with E-state index >= 15 is 0 Å². The summed E-state index contributed by atoms with van der Waals surface area (Å²) in [6, 6.07) is 10.5. The first-order valence-electron chi connectivity index (χ1n) is 6.26. The minimum atomic E-state index is -0.620. The Kier molecular flexibility index (Phi) is 3.96. The number of hydrogen-bond acceptors (Lipinski definition) is 3. The number of carbonyl (C=O) groups is 1. The van der Waals surface area contributed by atoms with Crippen molar-refractivity contribution in [2.75, 3.05) is 0 Å². The first-order valence-corrected chi connectivity index (χ1v) is 7.02. The van der Waals surface area contributed by atoms with E-state index in [2.05, 4.69) is 4.99 Å². The molecule has 22 heavy (non-hydrogen) atoms. The maximum Gasteiger partial charge on any atom is 0.363 e. The molecule has 0 radical (unpaired) electrons. The van der Waals surface area contributed by atoms with Crippen molar-refractivity contribution in [3.05, 3.63) is 75.2 Å². The van der Waals surface area contributed by atoms with E-state index in [0.717, 1.165) is 0 Å². The zero-order valence-corrected chi connectivity index (χ0v) is 12.5. The summed E-state index contributed by atoms with van der Waals surface area (Å²) in [6.07, 6.45) is 1.49. The summed E-state index contributed by atoms with van der Waals surface area (Å²) in [7, 11) is 0. The lowest BCUT2D eigenvalue weighted by molar-refractivity contribution is -0.129. The summed E-state index contributed by atoms with van der Waals surface area (Å²) in [6.45, 7) is 0. The molecule has 6 heteroatoms. The van der Waals surface area contributed by atoms with Gasteiger partial charge in [-0.25, -0.2) is 14.2 Å². The van der Waals surface area contributed by atoms with Crippen molar-refractivity contribution in [2.24, 2.45) is 4.99 Å². The molecule has 2 aromatic rings. The Morgan fingerprint density at radius 1 is 1.14 bits per heavy atom. The number of halogens is 3. The molecule has 0 aliphatic carbocycles. The summed E-state index contributed by atoms with van der Waals surface area (Å²) < 4.78 is 18.3. The number of rotatable bonds is 2. The second-order valence-corrected chi connectivity index (χ2v) is 5.36. The van der Waals surface area contributed by atoms with E-state index in [9.17, 15) is 9.18 Å². The van der Waals surface area contributed by atoms with Crippen LogP contribution in [0.5, 0.6) is 0 Å². The second-order valence-electron chi connectivity index (χ2n) is 4.51. The molecule has 0 spiro atoms. The maximum absolute atomic E-state index is 13.2. The van der Waals surface area contributed by atoms with Crippen LogP contribution in [0.3, 0.4) is 0 Å². The smallest absolute Gasteiger partial charge is 0.363 e. The molecule has 1 aliphatic rings. The fourth-order valence-corrected chi connectivity index (χ4v) is 2.38. The van der Waals surface area contributed by atoms with E-state index in [0.29, 0.717) is 21.2 Å². The molecule has 2 aromatic carbocycles. The molecule has 0 bridgehead atoms. The van der Waals surface area contributed by atoms with Gasteiger partial charge < -0.3 is 4.74 Å². The Hall–Kier alpha value is -2.17. The first kappa shape index (κ1) is 14.8. The molecule has 110 valence electrons.